The first-order chi connectivity index (χ1) is 14.8. The van der Waals surface area contributed by atoms with Crippen LogP contribution in [0.15, 0.2) is 97.3 Å². The summed E-state index contributed by atoms with van der Waals surface area (Å²) in [5, 5.41) is 3.55. The Balaban J connectivity index is 1.72. The normalized spacial score (nSPS) is 10.7. The molecule has 0 aliphatic rings. The number of para-hydroxylation sites is 1. The average molecular weight is 396 g/mol. The number of nitrogens with two attached hydrogens (primary N) is 1. The number of nitrogen functional groups attached to an aromatic ring is 1. The first kappa shape index (κ1) is 19.5. The summed E-state index contributed by atoms with van der Waals surface area (Å²) in [5.74, 6) is 1.31. The Labute approximate surface area is 177 Å². The second kappa shape index (κ2) is 9.09. The third-order valence-corrected chi connectivity index (χ3v) is 5.05. The Hall–Kier alpha value is -3.86. The third kappa shape index (κ3) is 4.10. The van der Waals surface area contributed by atoms with Gasteiger partial charge in [0.2, 0.25) is 0 Å². The van der Waals surface area contributed by atoms with Gasteiger partial charge in [-0.2, -0.15) is 0 Å². The fourth-order valence-corrected chi connectivity index (χ4v) is 3.57. The van der Waals surface area contributed by atoms with Crippen molar-refractivity contribution >= 4 is 23.0 Å². The molecule has 0 aliphatic heterocycles. The van der Waals surface area contributed by atoms with E-state index in [4.69, 9.17) is 5.73 Å². The number of aromatic nitrogens is 2. The van der Waals surface area contributed by atoms with Gasteiger partial charge in [0.1, 0.15) is 12.0 Å². The van der Waals surface area contributed by atoms with Crippen LogP contribution in [0.5, 0.6) is 0 Å². The monoisotopic (exact) mass is 395 g/mol. The van der Waals surface area contributed by atoms with Gasteiger partial charge in [0.25, 0.3) is 0 Å². The number of nitrogens with one attached hydrogen (secondary N) is 1. The van der Waals surface area contributed by atoms with Gasteiger partial charge in [-0.1, -0.05) is 78.9 Å². The molecule has 0 radical (unpaired) electrons. The molecule has 0 fully saturated rings. The lowest BCUT2D eigenvalue weighted by Gasteiger charge is -2.26. The average Bonchev–Trinajstić information content (AvgIpc) is 2.82. The minimum Gasteiger partial charge on any atom is -0.393 e. The second-order valence-electron chi connectivity index (χ2n) is 6.94. The van der Waals surface area contributed by atoms with Crippen LogP contribution in [-0.2, 0) is 0 Å². The zero-order chi connectivity index (χ0) is 20.8. The Morgan fingerprint density at radius 1 is 0.800 bits per heavy atom. The number of hydrogen-bond donors (Lipinski definition) is 2. The fourth-order valence-electron chi connectivity index (χ4n) is 3.57. The van der Waals surface area contributed by atoms with Crippen LogP contribution in [0.2, 0.25) is 0 Å². The maximum absolute atomic E-state index is 6.57. The maximum atomic E-state index is 6.57. The predicted octanol–water partition coefficient (Wildman–Crippen LogP) is 5.42. The Morgan fingerprint density at radius 3 is 1.87 bits per heavy atom. The van der Waals surface area contributed by atoms with Gasteiger partial charge in [-0.15, -0.1) is 0 Å². The summed E-state index contributed by atoms with van der Waals surface area (Å²) in [4.78, 5) is 11.0. The van der Waals surface area contributed by atoms with Crippen molar-refractivity contribution < 1.29 is 0 Å². The summed E-state index contributed by atoms with van der Waals surface area (Å²) in [5.41, 5.74) is 10.4. The molecule has 0 saturated heterocycles. The number of benzene rings is 3. The lowest BCUT2D eigenvalue weighted by molar-refractivity contribution is 0.917. The van der Waals surface area contributed by atoms with Crippen LogP contribution in [-0.4, -0.2) is 16.5 Å². The Morgan fingerprint density at radius 2 is 1.33 bits per heavy atom. The first-order valence-corrected chi connectivity index (χ1v) is 10.1. The van der Waals surface area contributed by atoms with Crippen molar-refractivity contribution in [1.29, 1.82) is 0 Å². The van der Waals surface area contributed by atoms with Crippen molar-refractivity contribution in [2.24, 2.45) is 0 Å². The molecule has 0 atom stereocenters. The largest absolute Gasteiger partial charge is 0.393 e. The molecule has 5 nitrogen and oxygen atoms in total. The molecule has 0 saturated carbocycles. The molecule has 1 aromatic heterocycles. The van der Waals surface area contributed by atoms with Crippen molar-refractivity contribution in [2.75, 3.05) is 22.5 Å². The third-order valence-electron chi connectivity index (χ3n) is 5.05. The summed E-state index contributed by atoms with van der Waals surface area (Å²) in [6.45, 7) is 2.82. The van der Waals surface area contributed by atoms with E-state index in [1.807, 2.05) is 54.6 Å². The number of anilines is 4. The van der Waals surface area contributed by atoms with E-state index in [1.54, 1.807) is 6.33 Å². The van der Waals surface area contributed by atoms with Gasteiger partial charge in [0, 0.05) is 12.2 Å². The molecule has 0 bridgehead atoms. The molecule has 4 aromatic rings. The predicted molar refractivity (Wildman–Crippen MR) is 124 cm³/mol. The van der Waals surface area contributed by atoms with Crippen LogP contribution in [0.3, 0.4) is 0 Å². The molecule has 4 rings (SSSR count). The van der Waals surface area contributed by atoms with Crippen molar-refractivity contribution in [3.05, 3.63) is 108 Å². The molecule has 0 amide bonds. The van der Waals surface area contributed by atoms with Gasteiger partial charge < -0.3 is 16.0 Å². The number of rotatable bonds is 7. The van der Waals surface area contributed by atoms with Gasteiger partial charge in [-0.05, 0) is 30.2 Å². The van der Waals surface area contributed by atoms with Crippen LogP contribution in [0, 0.1) is 0 Å². The molecule has 150 valence electrons. The molecule has 3 aromatic carbocycles. The minimum atomic E-state index is -0.0794. The molecular formula is C25H25N5. The number of nitrogens with zero attached hydrogens (tertiary/aromatic N) is 3. The summed E-state index contributed by atoms with van der Waals surface area (Å²) in [6.07, 6.45) is 1.56. The molecule has 30 heavy (non-hydrogen) atoms. The van der Waals surface area contributed by atoms with E-state index in [1.165, 1.54) is 0 Å². The van der Waals surface area contributed by atoms with Crippen molar-refractivity contribution in [2.45, 2.75) is 13.0 Å². The van der Waals surface area contributed by atoms with Crippen molar-refractivity contribution in [3.8, 4) is 0 Å². The van der Waals surface area contributed by atoms with Crippen LogP contribution in [0.4, 0.5) is 23.0 Å². The summed E-state index contributed by atoms with van der Waals surface area (Å²) < 4.78 is 0. The van der Waals surface area contributed by atoms with Gasteiger partial charge >= 0.3 is 0 Å². The molecule has 3 N–H and O–H groups in total. The molecule has 5 heteroatoms. The number of hydrogen-bond acceptors (Lipinski definition) is 5. The summed E-state index contributed by atoms with van der Waals surface area (Å²) >= 11 is 0. The highest BCUT2D eigenvalue weighted by Crippen LogP contribution is 2.34. The topological polar surface area (TPSA) is 67.1 Å². The zero-order valence-corrected chi connectivity index (χ0v) is 16.9. The smallest absolute Gasteiger partial charge is 0.161 e. The Kier molecular flexibility index (Phi) is 5.90. The van der Waals surface area contributed by atoms with Crippen molar-refractivity contribution in [1.82, 2.24) is 9.97 Å². The first-order valence-electron chi connectivity index (χ1n) is 10.1. The SMILES string of the molecule is CCN(c1ccccc1)c1ncnc(NC(c2ccccc2)c2ccccc2)c1N. The zero-order valence-electron chi connectivity index (χ0n) is 16.9. The highest BCUT2D eigenvalue weighted by molar-refractivity contribution is 5.79. The molecule has 0 unspecified atom stereocenters. The van der Waals surface area contributed by atoms with Gasteiger partial charge in [-0.3, -0.25) is 0 Å². The van der Waals surface area contributed by atoms with E-state index in [2.05, 4.69) is 63.5 Å². The van der Waals surface area contributed by atoms with Gasteiger partial charge in [0.05, 0.1) is 6.04 Å². The maximum Gasteiger partial charge on any atom is 0.161 e. The fraction of sp³-hybridized carbons (Fsp3) is 0.120. The van der Waals surface area contributed by atoms with Crippen molar-refractivity contribution in [3.63, 3.8) is 0 Å². The van der Waals surface area contributed by atoms with E-state index < -0.39 is 0 Å². The van der Waals surface area contributed by atoms with E-state index in [0.717, 1.165) is 23.4 Å². The highest BCUT2D eigenvalue weighted by Gasteiger charge is 2.19. The molecular weight excluding hydrogens is 370 g/mol. The summed E-state index contributed by atoms with van der Waals surface area (Å²) in [6, 6.07) is 30.6. The lowest BCUT2D eigenvalue weighted by Crippen LogP contribution is -2.21. The van der Waals surface area contributed by atoms with Gasteiger partial charge in [0.15, 0.2) is 11.6 Å². The van der Waals surface area contributed by atoms with Crippen LogP contribution < -0.4 is 16.0 Å². The van der Waals surface area contributed by atoms with Crippen LogP contribution in [0.1, 0.15) is 24.1 Å². The minimum absolute atomic E-state index is 0.0794. The van der Waals surface area contributed by atoms with Crippen LogP contribution >= 0.6 is 0 Å². The van der Waals surface area contributed by atoms with E-state index in [-0.39, 0.29) is 6.04 Å². The quantitative estimate of drug-likeness (QED) is 0.437. The van der Waals surface area contributed by atoms with Crippen LogP contribution in [0.25, 0.3) is 0 Å². The van der Waals surface area contributed by atoms with E-state index in [9.17, 15) is 0 Å². The van der Waals surface area contributed by atoms with E-state index in [0.29, 0.717) is 17.3 Å². The lowest BCUT2D eigenvalue weighted by atomic mass is 9.99. The second-order valence-corrected chi connectivity index (χ2v) is 6.94. The summed E-state index contributed by atoms with van der Waals surface area (Å²) in [7, 11) is 0. The Bertz CT molecular complexity index is 1030. The molecule has 0 aliphatic carbocycles. The molecule has 0 spiro atoms. The van der Waals surface area contributed by atoms with E-state index >= 15 is 0 Å². The molecule has 1 heterocycles. The standard InChI is InChI=1S/C25H25N5/c1-2-30(21-16-10-5-11-17-21)25-22(26)24(27-18-28-25)29-23(19-12-6-3-7-13-19)20-14-8-4-9-15-20/h3-18,23H,2,26H2,1H3,(H,27,28,29). The highest BCUT2D eigenvalue weighted by atomic mass is 15.2. The van der Waals surface area contributed by atoms with Gasteiger partial charge in [-0.25, -0.2) is 9.97 Å².